The van der Waals surface area contributed by atoms with Gasteiger partial charge in [0.1, 0.15) is 5.54 Å². The van der Waals surface area contributed by atoms with Gasteiger partial charge in [-0.3, -0.25) is 9.48 Å². The third-order valence-corrected chi connectivity index (χ3v) is 6.07. The molecule has 5 nitrogen and oxygen atoms in total. The Morgan fingerprint density at radius 2 is 1.96 bits per heavy atom. The predicted octanol–water partition coefficient (Wildman–Crippen LogP) is 3.52. The van der Waals surface area contributed by atoms with E-state index in [4.69, 9.17) is 11.6 Å². The van der Waals surface area contributed by atoms with Crippen molar-refractivity contribution in [2.24, 2.45) is 5.92 Å². The molecule has 152 valence electrons. The molecule has 1 aliphatic carbocycles. The molecule has 28 heavy (non-hydrogen) atoms. The standard InChI is InChI=1S/C21H27ClN4O.ClH/c22-19-6-4-17(5-7-19)8-15-25(16-18-2-3-18)20(27)21(9-12-23-13-10-21)26-14-1-11-24-26;/h1,4-7,11,14,18,23H,2-3,8-10,12-13,15-16H2;1H. The quantitative estimate of drug-likeness (QED) is 0.742. The van der Waals surface area contributed by atoms with Gasteiger partial charge >= 0.3 is 0 Å². The number of carbonyl (C=O) groups is 1. The van der Waals surface area contributed by atoms with Crippen molar-refractivity contribution in [2.75, 3.05) is 26.2 Å². The van der Waals surface area contributed by atoms with Crippen LogP contribution in [0.2, 0.25) is 5.02 Å². The van der Waals surface area contributed by atoms with Crippen molar-refractivity contribution in [3.63, 3.8) is 0 Å². The summed E-state index contributed by atoms with van der Waals surface area (Å²) in [7, 11) is 0. The Kier molecular flexibility index (Phi) is 7.02. The van der Waals surface area contributed by atoms with Crippen molar-refractivity contribution in [1.29, 1.82) is 0 Å². The molecular weight excluding hydrogens is 395 g/mol. The highest BCUT2D eigenvalue weighted by Gasteiger charge is 2.45. The predicted molar refractivity (Wildman–Crippen MR) is 114 cm³/mol. The summed E-state index contributed by atoms with van der Waals surface area (Å²) in [4.78, 5) is 15.9. The number of hydrogen-bond donors (Lipinski definition) is 1. The van der Waals surface area contributed by atoms with E-state index in [0.29, 0.717) is 5.92 Å². The topological polar surface area (TPSA) is 50.2 Å². The van der Waals surface area contributed by atoms with E-state index >= 15 is 0 Å². The molecule has 1 aliphatic heterocycles. The van der Waals surface area contributed by atoms with Gasteiger partial charge in [-0.05, 0) is 74.9 Å². The van der Waals surface area contributed by atoms with Crippen LogP contribution in [-0.4, -0.2) is 46.8 Å². The number of aromatic nitrogens is 2. The number of nitrogens with one attached hydrogen (secondary N) is 1. The number of amides is 1. The fourth-order valence-corrected chi connectivity index (χ4v) is 4.13. The van der Waals surface area contributed by atoms with Gasteiger partial charge in [-0.15, -0.1) is 12.4 Å². The van der Waals surface area contributed by atoms with Crippen LogP contribution >= 0.6 is 24.0 Å². The fourth-order valence-electron chi connectivity index (χ4n) is 4.00. The van der Waals surface area contributed by atoms with Gasteiger partial charge in [0.15, 0.2) is 0 Å². The number of benzene rings is 1. The van der Waals surface area contributed by atoms with Crippen LogP contribution in [0.1, 0.15) is 31.2 Å². The van der Waals surface area contributed by atoms with Crippen LogP contribution in [0.4, 0.5) is 0 Å². The minimum atomic E-state index is -0.552. The third-order valence-electron chi connectivity index (χ3n) is 5.82. The van der Waals surface area contributed by atoms with Gasteiger partial charge < -0.3 is 10.2 Å². The molecule has 4 rings (SSSR count). The van der Waals surface area contributed by atoms with Crippen molar-refractivity contribution in [1.82, 2.24) is 20.0 Å². The molecule has 2 aromatic rings. The molecule has 0 unspecified atom stereocenters. The average molecular weight is 423 g/mol. The maximum absolute atomic E-state index is 13.8. The number of halogens is 2. The van der Waals surface area contributed by atoms with Crippen LogP contribution in [0.15, 0.2) is 42.7 Å². The lowest BCUT2D eigenvalue weighted by Crippen LogP contribution is -2.56. The summed E-state index contributed by atoms with van der Waals surface area (Å²) < 4.78 is 1.90. The van der Waals surface area contributed by atoms with E-state index < -0.39 is 5.54 Å². The number of rotatable bonds is 7. The molecule has 1 aromatic carbocycles. The van der Waals surface area contributed by atoms with Crippen molar-refractivity contribution >= 4 is 29.9 Å². The number of piperidine rings is 1. The highest BCUT2D eigenvalue weighted by Crippen LogP contribution is 2.34. The van der Waals surface area contributed by atoms with E-state index in [2.05, 4.69) is 27.4 Å². The monoisotopic (exact) mass is 422 g/mol. The number of nitrogens with zero attached hydrogens (tertiary/aromatic N) is 3. The van der Waals surface area contributed by atoms with Gasteiger partial charge in [-0.25, -0.2) is 0 Å². The maximum Gasteiger partial charge on any atom is 0.250 e. The lowest BCUT2D eigenvalue weighted by molar-refractivity contribution is -0.143. The molecule has 1 saturated carbocycles. The molecule has 1 aromatic heterocycles. The first-order valence-electron chi connectivity index (χ1n) is 9.92. The molecule has 2 heterocycles. The zero-order valence-corrected chi connectivity index (χ0v) is 17.6. The Bertz CT molecular complexity index is 753. The van der Waals surface area contributed by atoms with E-state index in [1.54, 1.807) is 6.20 Å². The summed E-state index contributed by atoms with van der Waals surface area (Å²) in [6.45, 7) is 3.30. The first-order valence-corrected chi connectivity index (χ1v) is 10.3. The summed E-state index contributed by atoms with van der Waals surface area (Å²) >= 11 is 6.00. The van der Waals surface area contributed by atoms with Crippen LogP contribution in [0, 0.1) is 5.92 Å². The maximum atomic E-state index is 13.8. The molecule has 2 aliphatic rings. The molecular formula is C21H28Cl2N4O. The Morgan fingerprint density at radius 1 is 1.25 bits per heavy atom. The van der Waals surface area contributed by atoms with Gasteiger partial charge in [0.05, 0.1) is 0 Å². The number of hydrogen-bond acceptors (Lipinski definition) is 3. The van der Waals surface area contributed by atoms with E-state index in [0.717, 1.165) is 50.5 Å². The van der Waals surface area contributed by atoms with Crippen molar-refractivity contribution in [2.45, 2.75) is 37.6 Å². The van der Waals surface area contributed by atoms with Crippen LogP contribution in [0.25, 0.3) is 0 Å². The second kappa shape index (κ2) is 9.29. The minimum Gasteiger partial charge on any atom is -0.340 e. The van der Waals surface area contributed by atoms with Gasteiger partial charge in [-0.2, -0.15) is 5.10 Å². The van der Waals surface area contributed by atoms with Gasteiger partial charge in [-0.1, -0.05) is 23.7 Å². The SMILES string of the molecule is Cl.O=C(N(CCc1ccc(Cl)cc1)CC1CC1)C1(n2cccn2)CCNCC1. The fraction of sp³-hybridized carbons (Fsp3) is 0.524. The summed E-state index contributed by atoms with van der Waals surface area (Å²) in [6.07, 6.45) is 8.62. The van der Waals surface area contributed by atoms with Crippen LogP contribution in [-0.2, 0) is 16.8 Å². The molecule has 1 N–H and O–H groups in total. The Morgan fingerprint density at radius 3 is 2.57 bits per heavy atom. The Labute approximate surface area is 177 Å². The van der Waals surface area contributed by atoms with Gasteiger partial charge in [0.2, 0.25) is 0 Å². The highest BCUT2D eigenvalue weighted by molar-refractivity contribution is 6.30. The summed E-state index contributed by atoms with van der Waals surface area (Å²) in [5.41, 5.74) is 0.662. The van der Waals surface area contributed by atoms with E-state index in [-0.39, 0.29) is 18.3 Å². The second-order valence-corrected chi connectivity index (χ2v) is 8.24. The third kappa shape index (κ3) is 4.70. The molecule has 1 saturated heterocycles. The molecule has 0 atom stereocenters. The molecule has 0 radical (unpaired) electrons. The molecule has 2 fully saturated rings. The number of carbonyl (C=O) groups excluding carboxylic acids is 1. The van der Waals surface area contributed by atoms with Crippen molar-refractivity contribution in [3.8, 4) is 0 Å². The summed E-state index contributed by atoms with van der Waals surface area (Å²) in [6, 6.07) is 9.85. The van der Waals surface area contributed by atoms with Gasteiger partial charge in [0.25, 0.3) is 5.91 Å². The smallest absolute Gasteiger partial charge is 0.250 e. The van der Waals surface area contributed by atoms with Crippen molar-refractivity contribution in [3.05, 3.63) is 53.3 Å². The summed E-state index contributed by atoms with van der Waals surface area (Å²) in [5, 5.41) is 8.60. The Balaban J connectivity index is 0.00000225. The van der Waals surface area contributed by atoms with Crippen molar-refractivity contribution < 1.29 is 4.79 Å². The lowest BCUT2D eigenvalue weighted by atomic mass is 9.86. The first-order chi connectivity index (χ1) is 13.2. The van der Waals surface area contributed by atoms with E-state index in [9.17, 15) is 4.79 Å². The van der Waals surface area contributed by atoms with Gasteiger partial charge in [0, 0.05) is 30.5 Å². The lowest BCUT2D eigenvalue weighted by Gasteiger charge is -2.40. The van der Waals surface area contributed by atoms with Crippen LogP contribution < -0.4 is 5.32 Å². The zero-order valence-electron chi connectivity index (χ0n) is 16.0. The molecule has 0 spiro atoms. The molecule has 1 amide bonds. The first kappa shape index (κ1) is 21.2. The molecule has 0 bridgehead atoms. The summed E-state index contributed by atoms with van der Waals surface area (Å²) in [5.74, 6) is 0.893. The largest absolute Gasteiger partial charge is 0.340 e. The zero-order chi connectivity index (χ0) is 18.7. The second-order valence-electron chi connectivity index (χ2n) is 7.80. The van der Waals surface area contributed by atoms with Crippen LogP contribution in [0.3, 0.4) is 0 Å². The van der Waals surface area contributed by atoms with E-state index in [1.165, 1.54) is 18.4 Å². The highest BCUT2D eigenvalue weighted by atomic mass is 35.5. The average Bonchev–Trinajstić information content (AvgIpc) is 3.34. The Hall–Kier alpha value is -1.56. The minimum absolute atomic E-state index is 0. The normalized spacial score (nSPS) is 18.3. The van der Waals surface area contributed by atoms with Crippen LogP contribution in [0.5, 0.6) is 0 Å². The van der Waals surface area contributed by atoms with E-state index in [1.807, 2.05) is 29.1 Å². The molecule has 7 heteroatoms.